The quantitative estimate of drug-likeness (QED) is 0.678. The molecular weight excluding hydrogens is 270 g/mol. The van der Waals surface area contributed by atoms with E-state index in [-0.39, 0.29) is 5.91 Å². The molecule has 1 saturated carbocycles. The second-order valence-corrected chi connectivity index (χ2v) is 6.09. The molecule has 0 unspecified atom stereocenters. The molecule has 0 spiro atoms. The summed E-state index contributed by atoms with van der Waals surface area (Å²) in [5.41, 5.74) is 0.931. The first kappa shape index (κ1) is 13.4. The summed E-state index contributed by atoms with van der Waals surface area (Å²) >= 11 is 1.48. The summed E-state index contributed by atoms with van der Waals surface area (Å²) in [6, 6.07) is 7.91. The van der Waals surface area contributed by atoms with Gasteiger partial charge in [-0.2, -0.15) is 0 Å². The Morgan fingerprint density at radius 1 is 1.35 bits per heavy atom. The van der Waals surface area contributed by atoms with E-state index in [1.807, 2.05) is 31.2 Å². The van der Waals surface area contributed by atoms with Crippen molar-refractivity contribution in [1.82, 2.24) is 15.3 Å². The number of fused-ring (bicyclic) bond motifs is 1. The summed E-state index contributed by atoms with van der Waals surface area (Å²) in [4.78, 5) is 20.7. The average Bonchev–Trinajstić information content (AvgIpc) is 3.26. The maximum atomic E-state index is 11.8. The fraction of sp³-hybridized carbons (Fsp3) is 0.400. The van der Waals surface area contributed by atoms with Crippen LogP contribution in [0.25, 0.3) is 10.9 Å². The van der Waals surface area contributed by atoms with E-state index in [0.29, 0.717) is 11.7 Å². The maximum absolute atomic E-state index is 11.8. The molecule has 1 amide bonds. The van der Waals surface area contributed by atoms with Crippen LogP contribution in [-0.2, 0) is 4.79 Å². The normalized spacial score (nSPS) is 14.4. The SMILES string of the molecule is Cc1nc(SCC(=O)NCC2CC2)c2ccccc2n1. The zero-order chi connectivity index (χ0) is 13.9. The van der Waals surface area contributed by atoms with Gasteiger partial charge in [-0.15, -0.1) is 0 Å². The lowest BCUT2D eigenvalue weighted by Gasteiger charge is -2.07. The number of rotatable bonds is 5. The molecule has 0 atom stereocenters. The van der Waals surface area contributed by atoms with Crippen LogP contribution in [0.5, 0.6) is 0 Å². The Morgan fingerprint density at radius 3 is 2.95 bits per heavy atom. The average molecular weight is 287 g/mol. The predicted molar refractivity (Wildman–Crippen MR) is 80.7 cm³/mol. The number of carbonyl (C=O) groups is 1. The highest BCUT2D eigenvalue weighted by molar-refractivity contribution is 8.00. The van der Waals surface area contributed by atoms with Gasteiger partial charge in [-0.25, -0.2) is 9.97 Å². The van der Waals surface area contributed by atoms with Crippen molar-refractivity contribution < 1.29 is 4.79 Å². The maximum Gasteiger partial charge on any atom is 0.230 e. The zero-order valence-corrected chi connectivity index (χ0v) is 12.2. The van der Waals surface area contributed by atoms with Crippen LogP contribution < -0.4 is 5.32 Å². The molecule has 1 fully saturated rings. The van der Waals surface area contributed by atoms with Crippen LogP contribution in [-0.4, -0.2) is 28.2 Å². The summed E-state index contributed by atoms with van der Waals surface area (Å²) in [7, 11) is 0. The molecule has 20 heavy (non-hydrogen) atoms. The number of nitrogens with zero attached hydrogens (tertiary/aromatic N) is 2. The molecule has 0 bridgehead atoms. The summed E-state index contributed by atoms with van der Waals surface area (Å²) < 4.78 is 0. The third-order valence-corrected chi connectivity index (χ3v) is 4.30. The minimum absolute atomic E-state index is 0.0854. The van der Waals surface area contributed by atoms with Crippen LogP contribution in [0, 0.1) is 12.8 Å². The molecule has 4 nitrogen and oxygen atoms in total. The van der Waals surface area contributed by atoms with Crippen molar-refractivity contribution in [3.8, 4) is 0 Å². The van der Waals surface area contributed by atoms with Crippen molar-refractivity contribution in [2.75, 3.05) is 12.3 Å². The number of hydrogen-bond acceptors (Lipinski definition) is 4. The predicted octanol–water partition coefficient (Wildman–Crippen LogP) is 2.56. The van der Waals surface area contributed by atoms with Gasteiger partial charge in [0, 0.05) is 11.9 Å². The molecule has 104 valence electrons. The lowest BCUT2D eigenvalue weighted by molar-refractivity contribution is -0.118. The number of carbonyl (C=O) groups excluding carboxylic acids is 1. The molecule has 2 aromatic rings. The number of benzene rings is 1. The van der Waals surface area contributed by atoms with Crippen molar-refractivity contribution in [1.29, 1.82) is 0 Å². The minimum Gasteiger partial charge on any atom is -0.355 e. The van der Waals surface area contributed by atoms with Crippen molar-refractivity contribution in [3.05, 3.63) is 30.1 Å². The topological polar surface area (TPSA) is 54.9 Å². The number of thioether (sulfide) groups is 1. The largest absolute Gasteiger partial charge is 0.355 e. The fourth-order valence-electron chi connectivity index (χ4n) is 2.03. The first-order valence-electron chi connectivity index (χ1n) is 6.85. The van der Waals surface area contributed by atoms with Gasteiger partial charge < -0.3 is 5.32 Å². The molecule has 0 saturated heterocycles. The summed E-state index contributed by atoms with van der Waals surface area (Å²) in [6.07, 6.45) is 2.51. The molecule has 1 N–H and O–H groups in total. The Labute approximate surface area is 122 Å². The second-order valence-electron chi connectivity index (χ2n) is 5.13. The van der Waals surface area contributed by atoms with Crippen LogP contribution in [0.15, 0.2) is 29.3 Å². The van der Waals surface area contributed by atoms with Gasteiger partial charge >= 0.3 is 0 Å². The number of nitrogens with one attached hydrogen (secondary N) is 1. The molecule has 0 radical (unpaired) electrons. The highest BCUT2D eigenvalue weighted by atomic mass is 32.2. The Bertz CT molecular complexity index is 640. The van der Waals surface area contributed by atoms with E-state index < -0.39 is 0 Å². The van der Waals surface area contributed by atoms with Gasteiger partial charge in [0.1, 0.15) is 10.9 Å². The molecule has 1 heterocycles. The standard InChI is InChI=1S/C15H17N3OS/c1-10-17-13-5-3-2-4-12(13)15(18-10)20-9-14(19)16-8-11-6-7-11/h2-5,11H,6-9H2,1H3,(H,16,19). The van der Waals surface area contributed by atoms with Crippen LogP contribution in [0.3, 0.4) is 0 Å². The third kappa shape index (κ3) is 3.28. The van der Waals surface area contributed by atoms with Gasteiger partial charge in [-0.05, 0) is 31.7 Å². The molecule has 1 aliphatic carbocycles. The van der Waals surface area contributed by atoms with Crippen LogP contribution >= 0.6 is 11.8 Å². The van der Waals surface area contributed by atoms with E-state index in [4.69, 9.17) is 0 Å². The molecule has 1 aliphatic rings. The number of para-hydroxylation sites is 1. The first-order chi connectivity index (χ1) is 9.72. The summed E-state index contributed by atoms with van der Waals surface area (Å²) in [5.74, 6) is 1.95. The van der Waals surface area contributed by atoms with Gasteiger partial charge in [-0.1, -0.05) is 30.0 Å². The first-order valence-corrected chi connectivity index (χ1v) is 7.84. The van der Waals surface area contributed by atoms with E-state index in [1.54, 1.807) is 0 Å². The van der Waals surface area contributed by atoms with Crippen LogP contribution in [0.1, 0.15) is 18.7 Å². The van der Waals surface area contributed by atoms with Crippen LogP contribution in [0.2, 0.25) is 0 Å². The number of amides is 1. The van der Waals surface area contributed by atoms with Crippen LogP contribution in [0.4, 0.5) is 0 Å². The van der Waals surface area contributed by atoms with Gasteiger partial charge in [0.05, 0.1) is 11.3 Å². The van der Waals surface area contributed by atoms with E-state index in [0.717, 1.165) is 28.3 Å². The van der Waals surface area contributed by atoms with E-state index in [1.165, 1.54) is 24.6 Å². The third-order valence-electron chi connectivity index (χ3n) is 3.30. The van der Waals surface area contributed by atoms with Gasteiger partial charge in [0.2, 0.25) is 5.91 Å². The van der Waals surface area contributed by atoms with Gasteiger partial charge in [0.25, 0.3) is 0 Å². The molecule has 1 aromatic carbocycles. The Morgan fingerprint density at radius 2 is 2.15 bits per heavy atom. The van der Waals surface area contributed by atoms with Crippen molar-refractivity contribution in [2.45, 2.75) is 24.8 Å². The minimum atomic E-state index is 0.0854. The van der Waals surface area contributed by atoms with E-state index >= 15 is 0 Å². The monoisotopic (exact) mass is 287 g/mol. The molecule has 5 heteroatoms. The molecule has 0 aliphatic heterocycles. The van der Waals surface area contributed by atoms with E-state index in [9.17, 15) is 4.79 Å². The lowest BCUT2D eigenvalue weighted by Crippen LogP contribution is -2.27. The summed E-state index contributed by atoms with van der Waals surface area (Å²) in [6.45, 7) is 2.70. The fourth-order valence-corrected chi connectivity index (χ4v) is 2.93. The molecule has 3 rings (SSSR count). The Kier molecular flexibility index (Phi) is 3.87. The number of aryl methyl sites for hydroxylation is 1. The van der Waals surface area contributed by atoms with Gasteiger partial charge in [0.15, 0.2) is 0 Å². The van der Waals surface area contributed by atoms with Crippen molar-refractivity contribution in [3.63, 3.8) is 0 Å². The van der Waals surface area contributed by atoms with Gasteiger partial charge in [-0.3, -0.25) is 4.79 Å². The molecule has 1 aromatic heterocycles. The second kappa shape index (κ2) is 5.79. The van der Waals surface area contributed by atoms with Crippen molar-refractivity contribution >= 4 is 28.6 Å². The summed E-state index contributed by atoms with van der Waals surface area (Å²) in [5, 5.41) is 4.87. The highest BCUT2D eigenvalue weighted by Gasteiger charge is 2.21. The highest BCUT2D eigenvalue weighted by Crippen LogP contribution is 2.28. The zero-order valence-electron chi connectivity index (χ0n) is 11.4. The van der Waals surface area contributed by atoms with E-state index in [2.05, 4.69) is 15.3 Å². The van der Waals surface area contributed by atoms with Crippen molar-refractivity contribution in [2.24, 2.45) is 5.92 Å². The molecular formula is C15H17N3OS. The Hall–Kier alpha value is -1.62. The number of hydrogen-bond donors (Lipinski definition) is 1. The number of aromatic nitrogens is 2. The Balaban J connectivity index is 1.68. The smallest absolute Gasteiger partial charge is 0.230 e. The lowest BCUT2D eigenvalue weighted by atomic mass is 10.2.